The van der Waals surface area contributed by atoms with Crippen LogP contribution >= 0.6 is 7.23 Å². The van der Waals surface area contributed by atoms with E-state index in [1.54, 1.807) is 10.9 Å². The molecule has 2 fully saturated rings. The predicted molar refractivity (Wildman–Crippen MR) is 82.2 cm³/mol. The number of anilines is 1. The zero-order chi connectivity index (χ0) is 16.2. The van der Waals surface area contributed by atoms with Crippen molar-refractivity contribution >= 4 is 36.5 Å². The van der Waals surface area contributed by atoms with Gasteiger partial charge >= 0.3 is 7.23 Å². The number of aromatic nitrogens is 4. The molecule has 2 unspecified atom stereocenters. The Bertz CT molecular complexity index is 788. The zero-order valence-corrected chi connectivity index (χ0v) is 13.6. The number of hydrogen-bond acceptors (Lipinski definition) is 9. The highest BCUT2D eigenvalue weighted by Gasteiger charge is 2.61. The van der Waals surface area contributed by atoms with E-state index in [4.69, 9.17) is 15.0 Å². The maximum absolute atomic E-state index is 11.1. The largest absolute Gasteiger partial charge is 0.408 e. The van der Waals surface area contributed by atoms with Gasteiger partial charge in [-0.15, -0.1) is 0 Å². The van der Waals surface area contributed by atoms with E-state index >= 15 is 0 Å². The lowest BCUT2D eigenvalue weighted by atomic mass is 10.0. The van der Waals surface area contributed by atoms with Crippen molar-refractivity contribution in [1.82, 2.24) is 19.5 Å². The lowest BCUT2D eigenvalue weighted by molar-refractivity contribution is -0.133. The molecule has 0 radical (unpaired) electrons. The molecule has 5 atom stereocenters. The van der Waals surface area contributed by atoms with Crippen molar-refractivity contribution in [2.75, 3.05) is 12.3 Å². The summed E-state index contributed by atoms with van der Waals surface area (Å²) in [6.07, 6.45) is 3.15. The van der Waals surface area contributed by atoms with Crippen molar-refractivity contribution in [3.8, 4) is 0 Å². The molecule has 1 aliphatic carbocycles. The van der Waals surface area contributed by atoms with Crippen LogP contribution in [0, 0.1) is 5.92 Å². The topological polar surface area (TPSA) is 125 Å². The number of imidazole rings is 1. The molecule has 23 heavy (non-hydrogen) atoms. The number of ether oxygens (including phenoxy) is 1. The normalized spacial score (nSPS) is 33.5. The van der Waals surface area contributed by atoms with Gasteiger partial charge in [0.05, 0.1) is 12.4 Å². The van der Waals surface area contributed by atoms with Crippen molar-refractivity contribution in [2.45, 2.75) is 30.8 Å². The molecule has 1 aliphatic heterocycles. The quantitative estimate of drug-likeness (QED) is 0.601. The van der Waals surface area contributed by atoms with Crippen molar-refractivity contribution in [1.29, 1.82) is 0 Å². The van der Waals surface area contributed by atoms with E-state index in [2.05, 4.69) is 27.2 Å². The Balaban J connectivity index is 1.68. The summed E-state index contributed by atoms with van der Waals surface area (Å²) in [7, 11) is -2.16. The molecule has 3 N–H and O–H groups in total. The zero-order valence-electron chi connectivity index (χ0n) is 11.9. The predicted octanol–water partition coefficient (Wildman–Crippen LogP) is 0.668. The van der Waals surface area contributed by atoms with Crippen LogP contribution in [0.5, 0.6) is 0 Å². The molecule has 122 valence electrons. The minimum atomic E-state index is -2.16. The Morgan fingerprint density at radius 3 is 3.17 bits per heavy atom. The van der Waals surface area contributed by atoms with Gasteiger partial charge in [-0.1, -0.05) is 4.57 Å². The van der Waals surface area contributed by atoms with Crippen LogP contribution in [-0.2, 0) is 26.1 Å². The summed E-state index contributed by atoms with van der Waals surface area (Å²) in [5.74, 6) is 0.161. The maximum Gasteiger partial charge on any atom is 0.372 e. The van der Waals surface area contributed by atoms with Crippen LogP contribution in [0.2, 0.25) is 0 Å². The first kappa shape index (κ1) is 15.2. The molecule has 2 bridgehead atoms. The van der Waals surface area contributed by atoms with Crippen LogP contribution in [0.25, 0.3) is 11.2 Å². The van der Waals surface area contributed by atoms with Gasteiger partial charge in [0.2, 0.25) is 0 Å². The van der Waals surface area contributed by atoms with Crippen LogP contribution in [0.1, 0.15) is 19.1 Å². The molecule has 2 aromatic heterocycles. The monoisotopic (exact) mass is 355 g/mol. The molecular weight excluding hydrogens is 341 g/mol. The van der Waals surface area contributed by atoms with E-state index in [-0.39, 0.29) is 12.5 Å². The minimum absolute atomic E-state index is 0.00359. The lowest BCUT2D eigenvalue weighted by Gasteiger charge is -2.29. The Hall–Kier alpha value is -1.32. The highest BCUT2D eigenvalue weighted by Crippen LogP contribution is 2.53. The third-order valence-electron chi connectivity index (χ3n) is 4.64. The molecular formula is C12H14N5O4PS. The molecule has 4 rings (SSSR count). The number of aliphatic hydroxyl groups is 1. The number of nitrogens with zero attached hydrogens (tertiary/aromatic N) is 4. The highest BCUT2D eigenvalue weighted by atomic mass is 32.7. The SMILES string of the molecule is Nc1ncnc2c1ncn2[C@@H]1O[C@@]2(CO[P+](=O)[S-])CCC1[C@@H]2O. The molecule has 0 spiro atoms. The molecule has 11 heteroatoms. The molecule has 0 amide bonds. The fourth-order valence-corrected chi connectivity index (χ4v) is 4.02. The average molecular weight is 355 g/mol. The van der Waals surface area contributed by atoms with Crippen LogP contribution in [0.15, 0.2) is 12.7 Å². The first-order chi connectivity index (χ1) is 11.0. The number of fused-ring (bicyclic) bond motifs is 3. The van der Waals surface area contributed by atoms with Gasteiger partial charge in [0.1, 0.15) is 30.3 Å². The average Bonchev–Trinajstić information content (AvgIpc) is 3.16. The molecule has 2 aromatic rings. The third-order valence-corrected chi connectivity index (χ3v) is 5.30. The third kappa shape index (κ3) is 2.25. The summed E-state index contributed by atoms with van der Waals surface area (Å²) in [5, 5.41) is 10.6. The maximum atomic E-state index is 11.1. The van der Waals surface area contributed by atoms with Gasteiger partial charge < -0.3 is 27.8 Å². The molecule has 9 nitrogen and oxygen atoms in total. The summed E-state index contributed by atoms with van der Waals surface area (Å²) < 4.78 is 23.9. The molecule has 0 aromatic carbocycles. The second-order valence-electron chi connectivity index (χ2n) is 5.80. The first-order valence-electron chi connectivity index (χ1n) is 7.08. The van der Waals surface area contributed by atoms with Crippen molar-refractivity contribution in [3.05, 3.63) is 12.7 Å². The van der Waals surface area contributed by atoms with Crippen LogP contribution < -0.4 is 5.73 Å². The smallest absolute Gasteiger partial charge is 0.372 e. The van der Waals surface area contributed by atoms with Crippen LogP contribution in [0.3, 0.4) is 0 Å². The van der Waals surface area contributed by atoms with E-state index in [9.17, 15) is 9.67 Å². The van der Waals surface area contributed by atoms with Crippen molar-refractivity contribution < 1.29 is 18.9 Å². The number of rotatable bonds is 4. The van der Waals surface area contributed by atoms with Crippen LogP contribution in [0.4, 0.5) is 5.82 Å². The Labute approximate surface area is 137 Å². The molecule has 1 saturated heterocycles. The summed E-state index contributed by atoms with van der Waals surface area (Å²) in [4.78, 5) is 12.3. The summed E-state index contributed by atoms with van der Waals surface area (Å²) in [6.45, 7) is 0.00359. The number of nitrogens with two attached hydrogens (primary N) is 1. The Morgan fingerprint density at radius 1 is 1.57 bits per heavy atom. The summed E-state index contributed by atoms with van der Waals surface area (Å²) in [5.41, 5.74) is 5.94. The van der Waals surface area contributed by atoms with Gasteiger partial charge in [0, 0.05) is 5.92 Å². The lowest BCUT2D eigenvalue weighted by Crippen LogP contribution is -2.41. The molecule has 3 heterocycles. The Kier molecular flexibility index (Phi) is 3.54. The van der Waals surface area contributed by atoms with Crippen molar-refractivity contribution in [2.24, 2.45) is 5.92 Å². The van der Waals surface area contributed by atoms with Gasteiger partial charge in [-0.2, -0.15) is 4.52 Å². The standard InChI is InChI=1S/C12H14N5O4PS/c13-9-7-10(15-4-14-9)17(5-16-7)11-6-1-2-12(21-11,8(6)18)3-20-22(19)23/h4-6,8,11,18H,1-3H2,(H2,13,14,15)/t6?,8-,11+,12+/m0/s1. The van der Waals surface area contributed by atoms with Gasteiger partial charge in [-0.3, -0.25) is 4.57 Å². The number of hydrogen-bond donors (Lipinski definition) is 2. The summed E-state index contributed by atoms with van der Waals surface area (Å²) in [6, 6.07) is 0. The van der Waals surface area contributed by atoms with E-state index in [0.717, 1.165) is 6.42 Å². The summed E-state index contributed by atoms with van der Waals surface area (Å²) >= 11 is 4.55. The van der Waals surface area contributed by atoms with E-state index in [1.165, 1.54) is 6.33 Å². The van der Waals surface area contributed by atoms with Gasteiger partial charge in [0.25, 0.3) is 0 Å². The fraction of sp³-hybridized carbons (Fsp3) is 0.583. The second-order valence-corrected chi connectivity index (χ2v) is 7.40. The van der Waals surface area contributed by atoms with Crippen molar-refractivity contribution in [3.63, 3.8) is 0 Å². The van der Waals surface area contributed by atoms with Gasteiger partial charge in [-0.25, -0.2) is 15.0 Å². The molecule has 2 aliphatic rings. The van der Waals surface area contributed by atoms with E-state index in [1.807, 2.05) is 0 Å². The van der Waals surface area contributed by atoms with Crippen LogP contribution in [-0.4, -0.2) is 42.9 Å². The minimum Gasteiger partial charge on any atom is -0.408 e. The molecule has 1 saturated carbocycles. The first-order valence-corrected chi connectivity index (χ1v) is 9.27. The van der Waals surface area contributed by atoms with E-state index < -0.39 is 25.2 Å². The van der Waals surface area contributed by atoms with E-state index in [0.29, 0.717) is 23.4 Å². The van der Waals surface area contributed by atoms with Gasteiger partial charge in [-0.05, 0) is 12.8 Å². The number of nitrogen functional groups attached to an aromatic ring is 1. The highest BCUT2D eigenvalue weighted by molar-refractivity contribution is 8.25. The Morgan fingerprint density at radius 2 is 2.39 bits per heavy atom. The fourth-order valence-electron chi connectivity index (χ4n) is 3.53. The van der Waals surface area contributed by atoms with Gasteiger partial charge in [0.15, 0.2) is 11.5 Å². The number of aliphatic hydroxyl groups excluding tert-OH is 1. The second kappa shape index (κ2) is 5.35.